The molecule has 0 spiro atoms. The minimum Gasteiger partial charge on any atom is -0.494 e. The number of aromatic nitrogens is 1. The number of halogens is 3. The number of aromatic hydroxyl groups is 1. The summed E-state index contributed by atoms with van der Waals surface area (Å²) in [6, 6.07) is 21.8. The summed E-state index contributed by atoms with van der Waals surface area (Å²) in [5.41, 5.74) is 9.52. The van der Waals surface area contributed by atoms with Crippen LogP contribution in [0.15, 0.2) is 77.8 Å². The maximum atomic E-state index is 12.8. The number of nitrogens with two attached hydrogens (primary N) is 1. The first-order valence-electron chi connectivity index (χ1n) is 12.5. The van der Waals surface area contributed by atoms with Gasteiger partial charge < -0.3 is 25.8 Å². The molecule has 5 rings (SSSR count). The third-order valence-electron chi connectivity index (χ3n) is 6.24. The fraction of sp³-hybridized carbons (Fsp3) is 0.172. The molecule has 4 aromatic rings. The SMILES string of the molecule is NC(=O)c1ccc2c(C(=Nc3ccc(C(=O)N4CCSCC4)cc3)c3ccccc3)c(O)[nH]c2c1.O=C(O)C(F)(F)F. The van der Waals surface area contributed by atoms with Crippen molar-refractivity contribution in [2.24, 2.45) is 10.7 Å². The van der Waals surface area contributed by atoms with Crippen LogP contribution in [-0.4, -0.2) is 74.4 Å². The van der Waals surface area contributed by atoms with E-state index in [4.69, 9.17) is 20.6 Å². The highest BCUT2D eigenvalue weighted by Gasteiger charge is 2.38. The summed E-state index contributed by atoms with van der Waals surface area (Å²) < 4.78 is 31.7. The normalized spacial score (nSPS) is 13.8. The number of carboxylic acid groups (broad SMARTS) is 1. The lowest BCUT2D eigenvalue weighted by molar-refractivity contribution is -0.192. The zero-order chi connectivity index (χ0) is 30.4. The van der Waals surface area contributed by atoms with Gasteiger partial charge in [-0.25, -0.2) is 9.79 Å². The molecule has 0 saturated carbocycles. The predicted molar refractivity (Wildman–Crippen MR) is 154 cm³/mol. The van der Waals surface area contributed by atoms with Crippen molar-refractivity contribution in [3.8, 4) is 5.88 Å². The predicted octanol–water partition coefficient (Wildman–Crippen LogP) is 4.96. The fourth-order valence-corrected chi connectivity index (χ4v) is 5.10. The van der Waals surface area contributed by atoms with Gasteiger partial charge in [0, 0.05) is 52.2 Å². The lowest BCUT2D eigenvalue weighted by atomic mass is 10.00. The molecule has 9 nitrogen and oxygen atoms in total. The van der Waals surface area contributed by atoms with E-state index >= 15 is 0 Å². The van der Waals surface area contributed by atoms with Gasteiger partial charge in [0.15, 0.2) is 5.88 Å². The molecule has 42 heavy (non-hydrogen) atoms. The molecule has 0 aliphatic carbocycles. The standard InChI is InChI=1S/C27H24N4O3S.C2HF3O2/c28-25(32)19-8-11-21-22(16-19)30-26(33)23(21)24(17-4-2-1-3-5-17)29-20-9-6-18(7-10-20)27(34)31-12-14-35-15-13-31;3-2(4,5)1(6)7/h1-11,16,30,33H,12-15H2,(H2,28,32);(H,6,7). The Morgan fingerprint density at radius 1 is 0.905 bits per heavy atom. The Balaban J connectivity index is 0.000000517. The molecule has 218 valence electrons. The van der Waals surface area contributed by atoms with E-state index in [1.807, 2.05) is 59.1 Å². The second-order valence-corrected chi connectivity index (χ2v) is 10.3. The molecule has 3 aromatic carbocycles. The number of nitrogens with one attached hydrogen (secondary N) is 1. The molecule has 2 heterocycles. The number of thioether (sulfide) groups is 1. The molecule has 0 radical (unpaired) electrons. The van der Waals surface area contributed by atoms with E-state index < -0.39 is 18.1 Å². The van der Waals surface area contributed by atoms with Crippen LogP contribution in [-0.2, 0) is 4.79 Å². The van der Waals surface area contributed by atoms with Crippen molar-refractivity contribution < 1.29 is 37.8 Å². The minimum absolute atomic E-state index is 0.0311. The summed E-state index contributed by atoms with van der Waals surface area (Å²) in [5.74, 6) is -1.40. The molecule has 2 amide bonds. The molecule has 5 N–H and O–H groups in total. The Labute approximate surface area is 241 Å². The van der Waals surface area contributed by atoms with Crippen molar-refractivity contribution in [3.05, 3.63) is 95.1 Å². The maximum Gasteiger partial charge on any atom is 0.490 e. The number of nitrogens with zero attached hydrogens (tertiary/aromatic N) is 2. The number of carboxylic acids is 1. The first-order valence-corrected chi connectivity index (χ1v) is 13.7. The fourth-order valence-electron chi connectivity index (χ4n) is 4.19. The number of fused-ring (bicyclic) bond motifs is 1. The highest BCUT2D eigenvalue weighted by atomic mass is 32.2. The number of rotatable bonds is 5. The van der Waals surface area contributed by atoms with Crippen LogP contribution >= 0.6 is 11.8 Å². The van der Waals surface area contributed by atoms with E-state index in [0.717, 1.165) is 30.2 Å². The number of benzene rings is 3. The Kier molecular flexibility index (Phi) is 9.21. The van der Waals surface area contributed by atoms with Gasteiger partial charge in [-0.15, -0.1) is 0 Å². The van der Waals surface area contributed by atoms with Gasteiger partial charge in [0.25, 0.3) is 5.91 Å². The number of hydrogen-bond donors (Lipinski definition) is 4. The van der Waals surface area contributed by atoms with Crippen LogP contribution in [0.5, 0.6) is 5.88 Å². The van der Waals surface area contributed by atoms with Crippen molar-refractivity contribution in [1.82, 2.24) is 9.88 Å². The van der Waals surface area contributed by atoms with Gasteiger partial charge in [0.05, 0.1) is 17.0 Å². The van der Waals surface area contributed by atoms with Gasteiger partial charge in [-0.3, -0.25) is 9.59 Å². The molecular weight excluding hydrogens is 573 g/mol. The molecule has 0 bridgehead atoms. The van der Waals surface area contributed by atoms with Gasteiger partial charge in [0.2, 0.25) is 5.91 Å². The average molecular weight is 599 g/mol. The Morgan fingerprint density at radius 3 is 2.07 bits per heavy atom. The van der Waals surface area contributed by atoms with E-state index in [0.29, 0.717) is 39.0 Å². The quantitative estimate of drug-likeness (QED) is 0.239. The molecule has 1 aliphatic rings. The summed E-state index contributed by atoms with van der Waals surface area (Å²) in [6.07, 6.45) is -5.08. The topological polar surface area (TPSA) is 149 Å². The lowest BCUT2D eigenvalue weighted by Crippen LogP contribution is -2.37. The first-order chi connectivity index (χ1) is 20.0. The number of aliphatic imine (C=N–C) groups is 1. The van der Waals surface area contributed by atoms with Gasteiger partial charge in [-0.1, -0.05) is 36.4 Å². The highest BCUT2D eigenvalue weighted by Crippen LogP contribution is 2.32. The largest absolute Gasteiger partial charge is 0.494 e. The molecule has 1 saturated heterocycles. The van der Waals surface area contributed by atoms with Crippen LogP contribution < -0.4 is 5.73 Å². The van der Waals surface area contributed by atoms with Crippen LogP contribution in [0.25, 0.3) is 10.9 Å². The summed E-state index contributed by atoms with van der Waals surface area (Å²) >= 11 is 1.86. The molecule has 0 unspecified atom stereocenters. The number of hydrogen-bond acceptors (Lipinski definition) is 6. The Bertz CT molecular complexity index is 1630. The van der Waals surface area contributed by atoms with Gasteiger partial charge >= 0.3 is 12.1 Å². The van der Waals surface area contributed by atoms with Crippen LogP contribution in [0.3, 0.4) is 0 Å². The molecule has 0 atom stereocenters. The van der Waals surface area contributed by atoms with Crippen LogP contribution in [0.4, 0.5) is 18.9 Å². The van der Waals surface area contributed by atoms with E-state index in [1.54, 1.807) is 30.3 Å². The second kappa shape index (κ2) is 12.8. The van der Waals surface area contributed by atoms with E-state index in [2.05, 4.69) is 4.98 Å². The summed E-state index contributed by atoms with van der Waals surface area (Å²) in [6.45, 7) is 1.53. The number of primary amides is 1. The third-order valence-corrected chi connectivity index (χ3v) is 7.19. The van der Waals surface area contributed by atoms with Crippen molar-refractivity contribution in [3.63, 3.8) is 0 Å². The lowest BCUT2D eigenvalue weighted by Gasteiger charge is -2.26. The summed E-state index contributed by atoms with van der Waals surface area (Å²) in [5, 5.41) is 18.7. The van der Waals surface area contributed by atoms with E-state index in [-0.39, 0.29) is 11.8 Å². The van der Waals surface area contributed by atoms with E-state index in [1.165, 1.54) is 0 Å². The smallest absolute Gasteiger partial charge is 0.490 e. The number of carbonyl (C=O) groups excluding carboxylic acids is 2. The van der Waals surface area contributed by atoms with Gasteiger partial charge in [-0.2, -0.15) is 24.9 Å². The average Bonchev–Trinajstić information content (AvgIpc) is 3.31. The minimum atomic E-state index is -5.08. The van der Waals surface area contributed by atoms with E-state index in [9.17, 15) is 27.9 Å². The molecular formula is C29H25F3N4O5S. The second-order valence-electron chi connectivity index (χ2n) is 9.05. The third kappa shape index (κ3) is 7.10. The Morgan fingerprint density at radius 2 is 1.50 bits per heavy atom. The van der Waals surface area contributed by atoms with Crippen molar-refractivity contribution in [2.45, 2.75) is 6.18 Å². The molecule has 1 aliphatic heterocycles. The van der Waals surface area contributed by atoms with Gasteiger partial charge in [0.1, 0.15) is 0 Å². The number of aliphatic carboxylic acids is 1. The Hall–Kier alpha value is -4.78. The molecule has 1 fully saturated rings. The molecule has 13 heteroatoms. The number of amides is 2. The zero-order valence-corrected chi connectivity index (χ0v) is 22.7. The highest BCUT2D eigenvalue weighted by molar-refractivity contribution is 7.99. The number of alkyl halides is 3. The van der Waals surface area contributed by atoms with Crippen LogP contribution in [0.1, 0.15) is 31.8 Å². The number of carbonyl (C=O) groups is 3. The molecule has 1 aromatic heterocycles. The summed E-state index contributed by atoms with van der Waals surface area (Å²) in [4.78, 5) is 43.0. The van der Waals surface area contributed by atoms with Crippen molar-refractivity contribution in [2.75, 3.05) is 24.6 Å². The van der Waals surface area contributed by atoms with Crippen LogP contribution in [0.2, 0.25) is 0 Å². The monoisotopic (exact) mass is 598 g/mol. The number of aromatic amines is 1. The van der Waals surface area contributed by atoms with Crippen molar-refractivity contribution in [1.29, 1.82) is 0 Å². The maximum absolute atomic E-state index is 12.8. The zero-order valence-electron chi connectivity index (χ0n) is 21.9. The number of H-pyrrole nitrogens is 1. The first kappa shape index (κ1) is 30.2. The van der Waals surface area contributed by atoms with Crippen molar-refractivity contribution >= 4 is 51.8 Å². The van der Waals surface area contributed by atoms with Gasteiger partial charge in [-0.05, 0) is 36.4 Å². The van der Waals surface area contributed by atoms with Crippen LogP contribution in [0, 0.1) is 0 Å². The summed E-state index contributed by atoms with van der Waals surface area (Å²) in [7, 11) is 0.